The molecule has 0 aliphatic carbocycles. The molecule has 1 amide bonds. The molecule has 3 aromatic carbocycles. The predicted octanol–water partition coefficient (Wildman–Crippen LogP) is 4.72. The van der Waals surface area contributed by atoms with Crippen LogP contribution in [0.1, 0.15) is 15.9 Å². The molecule has 4 heteroatoms. The summed E-state index contributed by atoms with van der Waals surface area (Å²) in [7, 11) is 0. The van der Waals surface area contributed by atoms with Crippen LogP contribution in [-0.4, -0.2) is 12.1 Å². The van der Waals surface area contributed by atoms with E-state index in [9.17, 15) is 4.79 Å². The fraction of sp³-hybridized carbons (Fsp3) is 0. The van der Waals surface area contributed by atoms with Crippen molar-refractivity contribution in [1.29, 1.82) is 0 Å². The molecule has 24 heavy (non-hydrogen) atoms. The highest BCUT2D eigenvalue weighted by Crippen LogP contribution is 2.19. The summed E-state index contributed by atoms with van der Waals surface area (Å²) in [6, 6.07) is 25.4. The standard InChI is InChI=1S/C20H15IN2O/c21-19-9-5-4-8-18(19)14-22-23-20(24)17-12-10-16(11-13-17)15-6-2-1-3-7-15/h1-14H,(H,23,24)/b22-14+. The molecule has 0 bridgehead atoms. The number of hydrogen-bond donors (Lipinski definition) is 1. The van der Waals surface area contributed by atoms with E-state index in [1.54, 1.807) is 18.3 Å². The molecule has 0 unspecified atom stereocenters. The Labute approximate surface area is 154 Å². The summed E-state index contributed by atoms with van der Waals surface area (Å²) >= 11 is 2.23. The lowest BCUT2D eigenvalue weighted by Gasteiger charge is -2.04. The zero-order valence-electron chi connectivity index (χ0n) is 12.8. The van der Waals surface area contributed by atoms with Crippen LogP contribution in [0, 0.1) is 3.57 Å². The maximum absolute atomic E-state index is 12.1. The van der Waals surface area contributed by atoms with E-state index in [-0.39, 0.29) is 5.91 Å². The minimum Gasteiger partial charge on any atom is -0.267 e. The van der Waals surface area contributed by atoms with Crippen LogP contribution in [0.2, 0.25) is 0 Å². The van der Waals surface area contributed by atoms with Gasteiger partial charge in [0, 0.05) is 14.7 Å². The van der Waals surface area contributed by atoms with Crippen LogP contribution in [0.3, 0.4) is 0 Å². The summed E-state index contributed by atoms with van der Waals surface area (Å²) in [5.74, 6) is -0.225. The number of nitrogens with one attached hydrogen (secondary N) is 1. The number of amides is 1. The maximum Gasteiger partial charge on any atom is 0.271 e. The van der Waals surface area contributed by atoms with Crippen LogP contribution in [0.4, 0.5) is 0 Å². The molecule has 0 saturated carbocycles. The SMILES string of the molecule is O=C(N/N=C/c1ccccc1I)c1ccc(-c2ccccc2)cc1. The number of rotatable bonds is 4. The quantitative estimate of drug-likeness (QED) is 0.366. The number of halogens is 1. The Kier molecular flexibility index (Phi) is 5.38. The largest absolute Gasteiger partial charge is 0.271 e. The van der Waals surface area contributed by atoms with Gasteiger partial charge in [-0.25, -0.2) is 5.43 Å². The average molecular weight is 426 g/mol. The first-order valence-corrected chi connectivity index (χ1v) is 8.55. The van der Waals surface area contributed by atoms with Crippen molar-refractivity contribution in [1.82, 2.24) is 5.43 Å². The lowest BCUT2D eigenvalue weighted by molar-refractivity contribution is 0.0955. The van der Waals surface area contributed by atoms with Gasteiger partial charge in [-0.05, 0) is 51.9 Å². The van der Waals surface area contributed by atoms with Gasteiger partial charge in [-0.3, -0.25) is 4.79 Å². The van der Waals surface area contributed by atoms with Crippen molar-refractivity contribution in [3.8, 4) is 11.1 Å². The summed E-state index contributed by atoms with van der Waals surface area (Å²) in [5.41, 5.74) is 6.31. The minimum atomic E-state index is -0.225. The van der Waals surface area contributed by atoms with Crippen molar-refractivity contribution in [2.75, 3.05) is 0 Å². The molecule has 0 fully saturated rings. The lowest BCUT2D eigenvalue weighted by atomic mass is 10.0. The highest BCUT2D eigenvalue weighted by molar-refractivity contribution is 14.1. The first-order valence-electron chi connectivity index (χ1n) is 7.47. The van der Waals surface area contributed by atoms with E-state index >= 15 is 0 Å². The van der Waals surface area contributed by atoms with Gasteiger partial charge >= 0.3 is 0 Å². The van der Waals surface area contributed by atoms with Crippen LogP contribution < -0.4 is 5.43 Å². The maximum atomic E-state index is 12.1. The van der Waals surface area contributed by atoms with Crippen molar-refractivity contribution in [3.05, 3.63) is 93.6 Å². The number of nitrogens with zero attached hydrogens (tertiary/aromatic N) is 1. The van der Waals surface area contributed by atoms with E-state index < -0.39 is 0 Å². The highest BCUT2D eigenvalue weighted by atomic mass is 127. The number of hydrazone groups is 1. The van der Waals surface area contributed by atoms with Gasteiger partial charge in [-0.15, -0.1) is 0 Å². The smallest absolute Gasteiger partial charge is 0.267 e. The van der Waals surface area contributed by atoms with Crippen LogP contribution in [0.25, 0.3) is 11.1 Å². The van der Waals surface area contributed by atoms with Crippen LogP contribution in [0.15, 0.2) is 84.0 Å². The molecule has 0 radical (unpaired) electrons. The average Bonchev–Trinajstić information content (AvgIpc) is 2.64. The Hall–Kier alpha value is -2.47. The molecule has 0 aliphatic heterocycles. The Bertz CT molecular complexity index is 858. The molecule has 0 atom stereocenters. The molecule has 3 aromatic rings. The van der Waals surface area contributed by atoms with Crippen molar-refractivity contribution in [2.24, 2.45) is 5.10 Å². The molecule has 0 aromatic heterocycles. The molecule has 3 rings (SSSR count). The first-order chi connectivity index (χ1) is 11.7. The third kappa shape index (κ3) is 4.08. The van der Waals surface area contributed by atoms with Gasteiger partial charge in [-0.2, -0.15) is 5.10 Å². The van der Waals surface area contributed by atoms with Gasteiger partial charge in [0.05, 0.1) is 6.21 Å². The molecule has 0 heterocycles. The summed E-state index contributed by atoms with van der Waals surface area (Å²) in [6.07, 6.45) is 1.65. The third-order valence-electron chi connectivity index (χ3n) is 3.53. The molecular weight excluding hydrogens is 411 g/mol. The predicted molar refractivity (Wildman–Crippen MR) is 106 cm³/mol. The van der Waals surface area contributed by atoms with E-state index in [2.05, 4.69) is 33.1 Å². The normalized spacial score (nSPS) is 10.7. The lowest BCUT2D eigenvalue weighted by Crippen LogP contribution is -2.17. The fourth-order valence-electron chi connectivity index (χ4n) is 2.25. The van der Waals surface area contributed by atoms with E-state index in [1.165, 1.54) is 0 Å². The zero-order valence-corrected chi connectivity index (χ0v) is 15.0. The number of carbonyl (C=O) groups excluding carboxylic acids is 1. The van der Waals surface area contributed by atoms with Crippen LogP contribution >= 0.6 is 22.6 Å². The Morgan fingerprint density at radius 1 is 0.833 bits per heavy atom. The molecule has 0 spiro atoms. The first kappa shape index (κ1) is 16.4. The summed E-state index contributed by atoms with van der Waals surface area (Å²) in [5, 5.41) is 4.03. The molecular formula is C20H15IN2O. The number of carbonyl (C=O) groups is 1. The van der Waals surface area contributed by atoms with E-state index in [0.717, 1.165) is 20.3 Å². The van der Waals surface area contributed by atoms with Crippen molar-refractivity contribution in [2.45, 2.75) is 0 Å². The van der Waals surface area contributed by atoms with Gasteiger partial charge in [0.2, 0.25) is 0 Å². The number of benzene rings is 3. The highest BCUT2D eigenvalue weighted by Gasteiger charge is 2.04. The second-order valence-corrected chi connectivity index (χ2v) is 6.33. The van der Waals surface area contributed by atoms with Crippen LogP contribution in [0.5, 0.6) is 0 Å². The minimum absolute atomic E-state index is 0.225. The van der Waals surface area contributed by atoms with Crippen LogP contribution in [-0.2, 0) is 0 Å². The van der Waals surface area contributed by atoms with Gasteiger partial charge in [0.15, 0.2) is 0 Å². The van der Waals surface area contributed by atoms with Crippen molar-refractivity contribution >= 4 is 34.7 Å². The van der Waals surface area contributed by atoms with E-state index in [1.807, 2.05) is 66.7 Å². The molecule has 1 N–H and O–H groups in total. The second kappa shape index (κ2) is 7.88. The van der Waals surface area contributed by atoms with Gasteiger partial charge in [-0.1, -0.05) is 60.7 Å². The Morgan fingerprint density at radius 3 is 2.17 bits per heavy atom. The summed E-state index contributed by atoms with van der Waals surface area (Å²) in [4.78, 5) is 12.1. The van der Waals surface area contributed by atoms with Gasteiger partial charge in [0.1, 0.15) is 0 Å². The molecule has 3 nitrogen and oxygen atoms in total. The van der Waals surface area contributed by atoms with Crippen molar-refractivity contribution < 1.29 is 4.79 Å². The van der Waals surface area contributed by atoms with E-state index in [0.29, 0.717) is 5.56 Å². The Morgan fingerprint density at radius 2 is 1.46 bits per heavy atom. The summed E-state index contributed by atoms with van der Waals surface area (Å²) in [6.45, 7) is 0. The second-order valence-electron chi connectivity index (χ2n) is 5.16. The Balaban J connectivity index is 1.66. The molecule has 118 valence electrons. The topological polar surface area (TPSA) is 41.5 Å². The summed E-state index contributed by atoms with van der Waals surface area (Å²) < 4.78 is 1.08. The van der Waals surface area contributed by atoms with Gasteiger partial charge in [0.25, 0.3) is 5.91 Å². The molecule has 0 saturated heterocycles. The fourth-order valence-corrected chi connectivity index (χ4v) is 2.78. The van der Waals surface area contributed by atoms with Crippen molar-refractivity contribution in [3.63, 3.8) is 0 Å². The molecule has 0 aliphatic rings. The number of hydrogen-bond acceptors (Lipinski definition) is 2. The van der Waals surface area contributed by atoms with Gasteiger partial charge < -0.3 is 0 Å². The van der Waals surface area contributed by atoms with E-state index in [4.69, 9.17) is 0 Å². The monoisotopic (exact) mass is 426 g/mol. The zero-order chi connectivity index (χ0) is 16.8. The third-order valence-corrected chi connectivity index (χ3v) is 4.51.